The monoisotopic (exact) mass is 341 g/mol. The first kappa shape index (κ1) is 17.2. The third kappa shape index (κ3) is 4.07. The first-order valence-electron chi connectivity index (χ1n) is 8.83. The van der Waals surface area contributed by atoms with Crippen molar-refractivity contribution >= 4 is 22.7 Å². The SMILES string of the molecule is O=C(NCCCN1CCCCCC1=O)c1c[nH]c2ccccc2c1=O. The van der Waals surface area contributed by atoms with Crippen molar-refractivity contribution in [3.05, 3.63) is 46.2 Å². The van der Waals surface area contributed by atoms with Crippen LogP contribution in [0.4, 0.5) is 0 Å². The van der Waals surface area contributed by atoms with Crippen molar-refractivity contribution in [3.63, 3.8) is 0 Å². The first-order valence-corrected chi connectivity index (χ1v) is 8.83. The molecule has 6 nitrogen and oxygen atoms in total. The highest BCUT2D eigenvalue weighted by Crippen LogP contribution is 2.11. The van der Waals surface area contributed by atoms with Gasteiger partial charge < -0.3 is 15.2 Å². The summed E-state index contributed by atoms with van der Waals surface area (Å²) in [5.41, 5.74) is 0.558. The minimum Gasteiger partial charge on any atom is -0.360 e. The van der Waals surface area contributed by atoms with E-state index in [0.717, 1.165) is 25.8 Å². The van der Waals surface area contributed by atoms with Gasteiger partial charge in [-0.15, -0.1) is 0 Å². The van der Waals surface area contributed by atoms with Gasteiger partial charge in [0.1, 0.15) is 5.56 Å². The number of pyridine rings is 1. The van der Waals surface area contributed by atoms with Crippen LogP contribution in [0.1, 0.15) is 42.5 Å². The van der Waals surface area contributed by atoms with Gasteiger partial charge in [-0.25, -0.2) is 0 Å². The molecule has 0 saturated carbocycles. The van der Waals surface area contributed by atoms with Crippen LogP contribution < -0.4 is 10.7 Å². The van der Waals surface area contributed by atoms with Crippen LogP contribution in [0.2, 0.25) is 0 Å². The van der Waals surface area contributed by atoms with Crippen molar-refractivity contribution in [2.24, 2.45) is 0 Å². The van der Waals surface area contributed by atoms with E-state index in [-0.39, 0.29) is 22.8 Å². The average Bonchev–Trinajstić information content (AvgIpc) is 2.83. The Morgan fingerprint density at radius 3 is 2.88 bits per heavy atom. The average molecular weight is 341 g/mol. The lowest BCUT2D eigenvalue weighted by Crippen LogP contribution is -2.35. The van der Waals surface area contributed by atoms with Gasteiger partial charge in [-0.1, -0.05) is 18.6 Å². The van der Waals surface area contributed by atoms with Gasteiger partial charge in [0.25, 0.3) is 5.91 Å². The number of fused-ring (bicyclic) bond motifs is 1. The molecule has 0 radical (unpaired) electrons. The number of nitrogens with one attached hydrogen (secondary N) is 2. The molecule has 1 saturated heterocycles. The summed E-state index contributed by atoms with van der Waals surface area (Å²) in [7, 11) is 0. The molecule has 3 rings (SSSR count). The Morgan fingerprint density at radius 2 is 2.00 bits per heavy atom. The highest BCUT2D eigenvalue weighted by molar-refractivity contribution is 5.97. The highest BCUT2D eigenvalue weighted by Gasteiger charge is 2.16. The predicted octanol–water partition coefficient (Wildman–Crippen LogP) is 2.05. The van der Waals surface area contributed by atoms with E-state index < -0.39 is 0 Å². The Morgan fingerprint density at radius 1 is 1.16 bits per heavy atom. The lowest BCUT2D eigenvalue weighted by Gasteiger charge is -2.20. The third-order valence-corrected chi connectivity index (χ3v) is 4.59. The number of aromatic nitrogens is 1. The molecule has 2 N–H and O–H groups in total. The molecule has 6 heteroatoms. The quantitative estimate of drug-likeness (QED) is 0.817. The molecule has 2 aromatic rings. The molecule has 0 unspecified atom stereocenters. The molecular weight excluding hydrogens is 318 g/mol. The zero-order valence-electron chi connectivity index (χ0n) is 14.2. The van der Waals surface area contributed by atoms with Gasteiger partial charge in [0, 0.05) is 43.2 Å². The molecule has 0 spiro atoms. The Labute approximate surface area is 146 Å². The summed E-state index contributed by atoms with van der Waals surface area (Å²) in [6.07, 6.45) is 5.88. The van der Waals surface area contributed by atoms with Crippen LogP contribution in [-0.4, -0.2) is 41.3 Å². The lowest BCUT2D eigenvalue weighted by atomic mass is 10.1. The predicted molar refractivity (Wildman–Crippen MR) is 96.6 cm³/mol. The summed E-state index contributed by atoms with van der Waals surface area (Å²) in [6, 6.07) is 7.12. The number of nitrogens with zero attached hydrogens (tertiary/aromatic N) is 1. The van der Waals surface area contributed by atoms with Crippen molar-refractivity contribution < 1.29 is 9.59 Å². The van der Waals surface area contributed by atoms with E-state index in [9.17, 15) is 14.4 Å². The van der Waals surface area contributed by atoms with E-state index >= 15 is 0 Å². The van der Waals surface area contributed by atoms with Crippen molar-refractivity contribution in [2.75, 3.05) is 19.6 Å². The fourth-order valence-electron chi connectivity index (χ4n) is 3.18. The maximum atomic E-state index is 12.4. The maximum absolute atomic E-state index is 12.4. The fraction of sp³-hybridized carbons (Fsp3) is 0.421. The summed E-state index contributed by atoms with van der Waals surface area (Å²) in [6.45, 7) is 1.89. The van der Waals surface area contributed by atoms with Gasteiger partial charge in [-0.2, -0.15) is 0 Å². The van der Waals surface area contributed by atoms with E-state index in [1.165, 1.54) is 6.20 Å². The van der Waals surface area contributed by atoms with Crippen LogP contribution in [0.15, 0.2) is 35.3 Å². The second-order valence-electron chi connectivity index (χ2n) is 6.38. The fourth-order valence-corrected chi connectivity index (χ4v) is 3.18. The molecule has 1 aliphatic heterocycles. The molecule has 0 bridgehead atoms. The second-order valence-corrected chi connectivity index (χ2v) is 6.38. The van der Waals surface area contributed by atoms with Gasteiger partial charge in [-0.05, 0) is 31.4 Å². The number of rotatable bonds is 5. The molecule has 1 aliphatic rings. The van der Waals surface area contributed by atoms with Crippen LogP contribution >= 0.6 is 0 Å². The zero-order chi connectivity index (χ0) is 17.6. The Kier molecular flexibility index (Phi) is 5.48. The van der Waals surface area contributed by atoms with Crippen LogP contribution in [0.3, 0.4) is 0 Å². The number of likely N-dealkylation sites (tertiary alicyclic amines) is 1. The van der Waals surface area contributed by atoms with E-state index in [1.54, 1.807) is 18.2 Å². The molecule has 2 amide bonds. The molecule has 0 atom stereocenters. The topological polar surface area (TPSA) is 82.3 Å². The first-order chi connectivity index (χ1) is 12.2. The molecule has 2 heterocycles. The van der Waals surface area contributed by atoms with E-state index in [1.807, 2.05) is 11.0 Å². The number of hydrogen-bond donors (Lipinski definition) is 2. The lowest BCUT2D eigenvalue weighted by molar-refractivity contribution is -0.130. The van der Waals surface area contributed by atoms with Gasteiger partial charge in [0.05, 0.1) is 0 Å². The molecule has 1 aromatic heterocycles. The Balaban J connectivity index is 1.55. The number of para-hydroxylation sites is 1. The number of amides is 2. The van der Waals surface area contributed by atoms with Crippen LogP contribution in [0, 0.1) is 0 Å². The third-order valence-electron chi connectivity index (χ3n) is 4.59. The zero-order valence-corrected chi connectivity index (χ0v) is 14.2. The van der Waals surface area contributed by atoms with Crippen molar-refractivity contribution in [2.45, 2.75) is 32.1 Å². The number of aromatic amines is 1. The Hall–Kier alpha value is -2.63. The largest absolute Gasteiger partial charge is 0.360 e. The number of hydrogen-bond acceptors (Lipinski definition) is 3. The van der Waals surface area contributed by atoms with E-state index in [0.29, 0.717) is 36.8 Å². The van der Waals surface area contributed by atoms with Gasteiger partial charge >= 0.3 is 0 Å². The molecular formula is C19H23N3O3. The maximum Gasteiger partial charge on any atom is 0.256 e. The van der Waals surface area contributed by atoms with Crippen molar-refractivity contribution in [3.8, 4) is 0 Å². The van der Waals surface area contributed by atoms with Crippen molar-refractivity contribution in [1.29, 1.82) is 0 Å². The summed E-state index contributed by atoms with van der Waals surface area (Å²) in [4.78, 5) is 41.5. The second kappa shape index (κ2) is 7.96. The van der Waals surface area contributed by atoms with Crippen LogP contribution in [0.25, 0.3) is 10.9 Å². The van der Waals surface area contributed by atoms with Gasteiger partial charge in [0.2, 0.25) is 11.3 Å². The number of carbonyl (C=O) groups is 2. The standard InChI is InChI=1S/C19H23N3O3/c23-17-9-2-1-5-11-22(17)12-6-10-20-19(25)15-13-21-16-8-4-3-7-14(16)18(15)24/h3-4,7-8,13H,1-2,5-6,9-12H2,(H,20,25)(H,21,24). The van der Waals surface area contributed by atoms with Crippen LogP contribution in [0.5, 0.6) is 0 Å². The summed E-state index contributed by atoms with van der Waals surface area (Å²) < 4.78 is 0. The summed E-state index contributed by atoms with van der Waals surface area (Å²) in [5, 5.41) is 3.28. The minimum atomic E-state index is -0.380. The van der Waals surface area contributed by atoms with Crippen LogP contribution in [-0.2, 0) is 4.79 Å². The number of benzene rings is 1. The molecule has 25 heavy (non-hydrogen) atoms. The summed E-state index contributed by atoms with van der Waals surface area (Å²) >= 11 is 0. The van der Waals surface area contributed by atoms with Gasteiger partial charge in [0.15, 0.2) is 0 Å². The molecule has 0 aliphatic carbocycles. The normalized spacial score (nSPS) is 15.2. The van der Waals surface area contributed by atoms with Crippen molar-refractivity contribution in [1.82, 2.24) is 15.2 Å². The minimum absolute atomic E-state index is 0.115. The molecule has 1 fully saturated rings. The molecule has 132 valence electrons. The molecule has 1 aromatic carbocycles. The van der Waals surface area contributed by atoms with E-state index in [4.69, 9.17) is 0 Å². The Bertz CT molecular complexity index is 828. The summed E-state index contributed by atoms with van der Waals surface area (Å²) in [5.74, 6) is -0.177. The highest BCUT2D eigenvalue weighted by atomic mass is 16.2. The number of H-pyrrole nitrogens is 1. The van der Waals surface area contributed by atoms with E-state index in [2.05, 4.69) is 10.3 Å². The van der Waals surface area contributed by atoms with Gasteiger partial charge in [-0.3, -0.25) is 14.4 Å². The smallest absolute Gasteiger partial charge is 0.256 e. The number of carbonyl (C=O) groups excluding carboxylic acids is 2.